The van der Waals surface area contributed by atoms with Gasteiger partial charge in [-0.15, -0.1) is 23.7 Å². The van der Waals surface area contributed by atoms with Crippen LogP contribution in [0.1, 0.15) is 4.88 Å². The second-order valence-electron chi connectivity index (χ2n) is 3.83. The van der Waals surface area contributed by atoms with Crippen molar-refractivity contribution in [2.75, 3.05) is 23.3 Å². The van der Waals surface area contributed by atoms with E-state index in [1.165, 1.54) is 16.3 Å². The Labute approximate surface area is 111 Å². The molecule has 2 heterocycles. The molecule has 17 heavy (non-hydrogen) atoms. The van der Waals surface area contributed by atoms with Gasteiger partial charge in [-0.25, -0.2) is 0 Å². The van der Waals surface area contributed by atoms with E-state index >= 15 is 0 Å². The van der Waals surface area contributed by atoms with Crippen LogP contribution in [0.5, 0.6) is 0 Å². The van der Waals surface area contributed by atoms with Crippen molar-refractivity contribution < 1.29 is 0 Å². The summed E-state index contributed by atoms with van der Waals surface area (Å²) in [4.78, 5) is 7.84. The summed E-state index contributed by atoms with van der Waals surface area (Å²) in [5, 5.41) is 3.42. The predicted molar refractivity (Wildman–Crippen MR) is 75.3 cm³/mol. The van der Waals surface area contributed by atoms with Gasteiger partial charge >= 0.3 is 0 Å². The van der Waals surface area contributed by atoms with Crippen LogP contribution < -0.4 is 10.2 Å². The van der Waals surface area contributed by atoms with Gasteiger partial charge in [-0.05, 0) is 12.1 Å². The lowest BCUT2D eigenvalue weighted by Crippen LogP contribution is -2.33. The number of aromatic nitrogens is 1. The SMILES string of the molecule is Cl.c1ccc2c(c1)NCCN2Cc1cncs1. The Hall–Kier alpha value is -1.26. The van der Waals surface area contributed by atoms with Gasteiger partial charge in [0.1, 0.15) is 0 Å². The molecule has 0 bridgehead atoms. The Morgan fingerprint density at radius 3 is 3.06 bits per heavy atom. The lowest BCUT2D eigenvalue weighted by molar-refractivity contribution is 0.794. The average Bonchev–Trinajstić information content (AvgIpc) is 2.82. The van der Waals surface area contributed by atoms with E-state index < -0.39 is 0 Å². The third-order valence-electron chi connectivity index (χ3n) is 2.77. The van der Waals surface area contributed by atoms with Crippen molar-refractivity contribution in [3.63, 3.8) is 0 Å². The van der Waals surface area contributed by atoms with E-state index in [4.69, 9.17) is 0 Å². The minimum atomic E-state index is 0. The molecule has 0 fully saturated rings. The fourth-order valence-electron chi connectivity index (χ4n) is 2.02. The number of anilines is 2. The molecule has 0 amide bonds. The van der Waals surface area contributed by atoms with E-state index in [0.29, 0.717) is 0 Å². The van der Waals surface area contributed by atoms with Crippen molar-refractivity contribution in [2.24, 2.45) is 0 Å². The first-order chi connectivity index (χ1) is 7.93. The monoisotopic (exact) mass is 267 g/mol. The first-order valence-electron chi connectivity index (χ1n) is 5.39. The molecule has 0 spiro atoms. The number of benzene rings is 1. The van der Waals surface area contributed by atoms with Crippen LogP contribution in [0.25, 0.3) is 0 Å². The molecule has 1 aliphatic heterocycles. The third-order valence-corrected chi connectivity index (χ3v) is 3.54. The molecule has 5 heteroatoms. The summed E-state index contributed by atoms with van der Waals surface area (Å²) in [6, 6.07) is 8.46. The van der Waals surface area contributed by atoms with Gasteiger partial charge in [0.15, 0.2) is 0 Å². The molecule has 0 atom stereocenters. The highest BCUT2D eigenvalue weighted by molar-refractivity contribution is 7.09. The molecule has 3 rings (SSSR count). The maximum atomic E-state index is 4.12. The summed E-state index contributed by atoms with van der Waals surface area (Å²) >= 11 is 1.72. The molecule has 2 aromatic rings. The van der Waals surface area contributed by atoms with Crippen molar-refractivity contribution >= 4 is 35.1 Å². The largest absolute Gasteiger partial charge is 0.382 e. The first-order valence-corrected chi connectivity index (χ1v) is 6.27. The number of para-hydroxylation sites is 2. The van der Waals surface area contributed by atoms with Crippen molar-refractivity contribution in [2.45, 2.75) is 6.54 Å². The fourth-order valence-corrected chi connectivity index (χ4v) is 2.63. The minimum Gasteiger partial charge on any atom is -0.382 e. The highest BCUT2D eigenvalue weighted by atomic mass is 35.5. The average molecular weight is 268 g/mol. The van der Waals surface area contributed by atoms with Crippen molar-refractivity contribution in [3.8, 4) is 0 Å². The molecule has 0 radical (unpaired) electrons. The van der Waals surface area contributed by atoms with E-state index in [2.05, 4.69) is 39.5 Å². The number of fused-ring (bicyclic) bond motifs is 1. The number of thiazole rings is 1. The molecule has 1 aromatic carbocycles. The number of nitrogens with one attached hydrogen (secondary N) is 1. The van der Waals surface area contributed by atoms with Gasteiger partial charge in [-0.2, -0.15) is 0 Å². The van der Waals surface area contributed by atoms with Crippen LogP contribution in [-0.2, 0) is 6.54 Å². The zero-order valence-electron chi connectivity index (χ0n) is 9.30. The van der Waals surface area contributed by atoms with Crippen LogP contribution in [0, 0.1) is 0 Å². The second kappa shape index (κ2) is 5.38. The molecule has 1 N–H and O–H groups in total. The smallest absolute Gasteiger partial charge is 0.0794 e. The highest BCUT2D eigenvalue weighted by Crippen LogP contribution is 2.29. The molecule has 0 saturated carbocycles. The van der Waals surface area contributed by atoms with Crippen LogP contribution in [-0.4, -0.2) is 18.1 Å². The Kier molecular flexibility index (Phi) is 3.86. The second-order valence-corrected chi connectivity index (χ2v) is 4.80. The van der Waals surface area contributed by atoms with Crippen molar-refractivity contribution in [3.05, 3.63) is 40.8 Å². The summed E-state index contributed by atoms with van der Waals surface area (Å²) in [5.41, 5.74) is 4.42. The number of rotatable bonds is 2. The van der Waals surface area contributed by atoms with Crippen LogP contribution >= 0.6 is 23.7 Å². The molecule has 1 aromatic heterocycles. The lowest BCUT2D eigenvalue weighted by Gasteiger charge is -2.31. The Morgan fingerprint density at radius 1 is 1.35 bits per heavy atom. The molecular weight excluding hydrogens is 254 g/mol. The maximum absolute atomic E-state index is 4.12. The maximum Gasteiger partial charge on any atom is 0.0794 e. The topological polar surface area (TPSA) is 28.2 Å². The molecular formula is C12H14ClN3S. The minimum absolute atomic E-state index is 0. The van der Waals surface area contributed by atoms with E-state index in [1.807, 2.05) is 11.7 Å². The van der Waals surface area contributed by atoms with Crippen molar-refractivity contribution in [1.82, 2.24) is 4.98 Å². The summed E-state index contributed by atoms with van der Waals surface area (Å²) in [6.45, 7) is 3.02. The van der Waals surface area contributed by atoms with Gasteiger partial charge in [0.25, 0.3) is 0 Å². The first kappa shape index (κ1) is 12.2. The van der Waals surface area contributed by atoms with Crippen LogP contribution in [0.3, 0.4) is 0 Å². The summed E-state index contributed by atoms with van der Waals surface area (Å²) in [6.07, 6.45) is 1.95. The standard InChI is InChI=1S/C12H13N3S.ClH/c1-2-4-12-11(3-1)14-5-6-15(12)8-10-7-13-9-16-10;/h1-4,7,9,14H,5-6,8H2;1H. The number of hydrogen-bond donors (Lipinski definition) is 1. The van der Waals surface area contributed by atoms with E-state index in [9.17, 15) is 0 Å². The number of halogens is 1. The third kappa shape index (κ3) is 2.53. The van der Waals surface area contributed by atoms with Gasteiger partial charge in [0.2, 0.25) is 0 Å². The van der Waals surface area contributed by atoms with Crippen LogP contribution in [0.2, 0.25) is 0 Å². The van der Waals surface area contributed by atoms with Crippen molar-refractivity contribution in [1.29, 1.82) is 0 Å². The molecule has 3 nitrogen and oxygen atoms in total. The summed E-state index contributed by atoms with van der Waals surface area (Å²) in [7, 11) is 0. The normalized spacial score (nSPS) is 13.5. The lowest BCUT2D eigenvalue weighted by atomic mass is 10.2. The van der Waals surface area contributed by atoms with E-state index in [0.717, 1.165) is 19.6 Å². The van der Waals surface area contributed by atoms with Gasteiger partial charge in [-0.1, -0.05) is 12.1 Å². The fraction of sp³-hybridized carbons (Fsp3) is 0.250. The van der Waals surface area contributed by atoms with Gasteiger partial charge in [0, 0.05) is 24.2 Å². The van der Waals surface area contributed by atoms with Gasteiger partial charge < -0.3 is 10.2 Å². The number of nitrogens with zero attached hydrogens (tertiary/aromatic N) is 2. The Balaban J connectivity index is 0.00000108. The van der Waals surface area contributed by atoms with E-state index in [-0.39, 0.29) is 12.4 Å². The zero-order valence-corrected chi connectivity index (χ0v) is 10.9. The molecule has 0 saturated heterocycles. The zero-order chi connectivity index (χ0) is 10.8. The quantitative estimate of drug-likeness (QED) is 0.907. The Bertz CT molecular complexity index is 472. The Morgan fingerprint density at radius 2 is 2.24 bits per heavy atom. The van der Waals surface area contributed by atoms with Crippen LogP contribution in [0.4, 0.5) is 11.4 Å². The molecule has 0 aliphatic carbocycles. The molecule has 1 aliphatic rings. The van der Waals surface area contributed by atoms with Crippen LogP contribution in [0.15, 0.2) is 36.0 Å². The highest BCUT2D eigenvalue weighted by Gasteiger charge is 2.15. The summed E-state index contributed by atoms with van der Waals surface area (Å²) in [5.74, 6) is 0. The molecule has 90 valence electrons. The number of hydrogen-bond acceptors (Lipinski definition) is 4. The van der Waals surface area contributed by atoms with E-state index in [1.54, 1.807) is 11.3 Å². The summed E-state index contributed by atoms with van der Waals surface area (Å²) < 4.78 is 0. The van der Waals surface area contributed by atoms with Gasteiger partial charge in [0.05, 0.1) is 23.4 Å². The predicted octanol–water partition coefficient (Wildman–Crippen LogP) is 3.00. The molecule has 0 unspecified atom stereocenters. The van der Waals surface area contributed by atoms with Gasteiger partial charge in [-0.3, -0.25) is 4.98 Å².